The smallest absolute Gasteiger partial charge is 0.0389 e. The Morgan fingerprint density at radius 2 is 1.57 bits per heavy atom. The number of nitrogens with zero attached hydrogens (tertiary/aromatic N) is 1. The second-order valence-electron chi connectivity index (χ2n) is 3.70. The minimum atomic E-state index is 0.998. The van der Waals surface area contributed by atoms with E-state index in [1.54, 1.807) is 0 Å². The van der Waals surface area contributed by atoms with Crippen molar-refractivity contribution in [3.8, 4) is 0 Å². The third-order valence-electron chi connectivity index (χ3n) is 2.27. The van der Waals surface area contributed by atoms with Crippen molar-refractivity contribution in [1.29, 1.82) is 0 Å². The van der Waals surface area contributed by atoms with E-state index in [1.807, 2.05) is 25.3 Å². The molecule has 0 saturated heterocycles. The van der Waals surface area contributed by atoms with E-state index in [0.29, 0.717) is 0 Å². The van der Waals surface area contributed by atoms with Crippen molar-refractivity contribution in [2.24, 2.45) is 4.99 Å². The Morgan fingerprint density at radius 3 is 2.21 bits per heavy atom. The third kappa shape index (κ3) is 11.4. The zero-order valence-corrected chi connectivity index (χ0v) is 9.84. The number of unbranched alkanes of at least 4 members (excludes halogenated alkanes) is 6. The maximum atomic E-state index is 4.28. The Bertz CT molecular complexity index is 147. The van der Waals surface area contributed by atoms with Crippen LogP contribution < -0.4 is 0 Å². The van der Waals surface area contributed by atoms with Crippen molar-refractivity contribution in [1.82, 2.24) is 0 Å². The van der Waals surface area contributed by atoms with Crippen LogP contribution in [0.25, 0.3) is 0 Å². The van der Waals surface area contributed by atoms with Crippen LogP contribution in [-0.2, 0) is 0 Å². The van der Waals surface area contributed by atoms with Crippen molar-refractivity contribution in [3.05, 3.63) is 12.2 Å². The number of rotatable bonds is 9. The monoisotopic (exact) mass is 195 g/mol. The molecule has 0 heterocycles. The molecule has 0 N–H and O–H groups in total. The second kappa shape index (κ2) is 12.4. The fourth-order valence-electron chi connectivity index (χ4n) is 1.38. The zero-order chi connectivity index (χ0) is 10.5. The Kier molecular flexibility index (Phi) is 11.9. The molecule has 1 heteroatoms. The molecule has 0 aliphatic heterocycles. The van der Waals surface area contributed by atoms with Crippen LogP contribution in [0.5, 0.6) is 0 Å². The standard InChI is InChI=1S/C13H25N/c1-3-5-7-8-9-10-11-13-14-12-6-4-2/h4,6,12H,3,5,7-11,13H2,1-2H3/b6-4+,14-12+. The van der Waals surface area contributed by atoms with E-state index < -0.39 is 0 Å². The Labute approximate surface area is 89.3 Å². The van der Waals surface area contributed by atoms with Crippen LogP contribution in [0.3, 0.4) is 0 Å². The molecule has 14 heavy (non-hydrogen) atoms. The molecule has 0 saturated carbocycles. The van der Waals surface area contributed by atoms with E-state index in [0.717, 1.165) is 6.54 Å². The van der Waals surface area contributed by atoms with Crippen molar-refractivity contribution in [2.45, 2.75) is 58.8 Å². The van der Waals surface area contributed by atoms with Crippen molar-refractivity contribution < 1.29 is 0 Å². The molecule has 1 nitrogen and oxygen atoms in total. The Balaban J connectivity index is 2.98. The number of hydrogen-bond donors (Lipinski definition) is 0. The summed E-state index contributed by atoms with van der Waals surface area (Å²) in [7, 11) is 0. The SMILES string of the molecule is C/C=C/C=N/CCCCCCCCC. The lowest BCUT2D eigenvalue weighted by Gasteiger charge is -1.98. The summed E-state index contributed by atoms with van der Waals surface area (Å²) in [4.78, 5) is 4.28. The summed E-state index contributed by atoms with van der Waals surface area (Å²) in [6, 6.07) is 0. The van der Waals surface area contributed by atoms with Gasteiger partial charge in [0.05, 0.1) is 0 Å². The normalized spacial score (nSPS) is 11.9. The van der Waals surface area contributed by atoms with Gasteiger partial charge in [0.2, 0.25) is 0 Å². The first-order valence-electron chi connectivity index (χ1n) is 6.03. The van der Waals surface area contributed by atoms with Crippen molar-refractivity contribution in [2.75, 3.05) is 6.54 Å². The van der Waals surface area contributed by atoms with E-state index in [-0.39, 0.29) is 0 Å². The number of allylic oxidation sites excluding steroid dienone is 2. The fourth-order valence-corrected chi connectivity index (χ4v) is 1.38. The molecule has 0 aliphatic carbocycles. The van der Waals surface area contributed by atoms with Crippen LogP contribution >= 0.6 is 0 Å². The van der Waals surface area contributed by atoms with Crippen LogP contribution in [0, 0.1) is 0 Å². The van der Waals surface area contributed by atoms with Crippen LogP contribution in [0.15, 0.2) is 17.1 Å². The minimum Gasteiger partial charge on any atom is -0.293 e. The number of hydrogen-bond acceptors (Lipinski definition) is 1. The van der Waals surface area contributed by atoms with E-state index in [4.69, 9.17) is 0 Å². The molecular weight excluding hydrogens is 170 g/mol. The molecule has 0 unspecified atom stereocenters. The second-order valence-corrected chi connectivity index (χ2v) is 3.70. The largest absolute Gasteiger partial charge is 0.293 e. The topological polar surface area (TPSA) is 12.4 Å². The van der Waals surface area contributed by atoms with Gasteiger partial charge in [0.15, 0.2) is 0 Å². The van der Waals surface area contributed by atoms with E-state index in [1.165, 1.54) is 44.9 Å². The molecule has 82 valence electrons. The summed E-state index contributed by atoms with van der Waals surface area (Å²) < 4.78 is 0. The van der Waals surface area contributed by atoms with Crippen LogP contribution in [0.1, 0.15) is 58.8 Å². The lowest BCUT2D eigenvalue weighted by molar-refractivity contribution is 0.593. The maximum absolute atomic E-state index is 4.28. The Hall–Kier alpha value is -0.590. The quantitative estimate of drug-likeness (QED) is 0.382. The molecule has 0 radical (unpaired) electrons. The molecule has 0 amide bonds. The molecular formula is C13H25N. The van der Waals surface area contributed by atoms with Gasteiger partial charge in [-0.2, -0.15) is 0 Å². The molecule has 0 spiro atoms. The minimum absolute atomic E-state index is 0.998. The summed E-state index contributed by atoms with van der Waals surface area (Å²) in [5, 5.41) is 0. The van der Waals surface area contributed by atoms with Gasteiger partial charge in [0.1, 0.15) is 0 Å². The summed E-state index contributed by atoms with van der Waals surface area (Å²) in [5.41, 5.74) is 0. The lowest BCUT2D eigenvalue weighted by Crippen LogP contribution is -1.83. The van der Waals surface area contributed by atoms with Gasteiger partial charge in [-0.1, -0.05) is 51.5 Å². The molecule has 0 aromatic carbocycles. The van der Waals surface area contributed by atoms with Crippen molar-refractivity contribution >= 4 is 6.21 Å². The van der Waals surface area contributed by atoms with E-state index >= 15 is 0 Å². The van der Waals surface area contributed by atoms with E-state index in [2.05, 4.69) is 11.9 Å². The van der Waals surface area contributed by atoms with Gasteiger partial charge in [-0.3, -0.25) is 4.99 Å². The van der Waals surface area contributed by atoms with Gasteiger partial charge in [0, 0.05) is 12.8 Å². The third-order valence-corrected chi connectivity index (χ3v) is 2.27. The summed E-state index contributed by atoms with van der Waals surface area (Å²) in [5.74, 6) is 0. The predicted octanol–water partition coefficient (Wildman–Crippen LogP) is 4.38. The van der Waals surface area contributed by atoms with Gasteiger partial charge < -0.3 is 0 Å². The van der Waals surface area contributed by atoms with Gasteiger partial charge in [0.25, 0.3) is 0 Å². The van der Waals surface area contributed by atoms with Gasteiger partial charge in [-0.15, -0.1) is 0 Å². The first-order valence-corrected chi connectivity index (χ1v) is 6.03. The molecule has 0 aromatic heterocycles. The van der Waals surface area contributed by atoms with Gasteiger partial charge in [-0.25, -0.2) is 0 Å². The Morgan fingerprint density at radius 1 is 0.929 bits per heavy atom. The molecule has 0 atom stereocenters. The molecule has 0 fully saturated rings. The predicted molar refractivity (Wildman–Crippen MR) is 66.2 cm³/mol. The molecule has 0 aliphatic rings. The average Bonchev–Trinajstić information content (AvgIpc) is 2.21. The average molecular weight is 195 g/mol. The molecule has 0 rings (SSSR count). The van der Waals surface area contributed by atoms with Crippen molar-refractivity contribution in [3.63, 3.8) is 0 Å². The summed E-state index contributed by atoms with van der Waals surface area (Å²) in [6.45, 7) is 5.27. The van der Waals surface area contributed by atoms with Crippen LogP contribution in [-0.4, -0.2) is 12.8 Å². The number of aliphatic imine (C=N–C) groups is 1. The fraction of sp³-hybridized carbons (Fsp3) is 0.769. The van der Waals surface area contributed by atoms with Gasteiger partial charge >= 0.3 is 0 Å². The molecule has 0 aromatic rings. The highest BCUT2D eigenvalue weighted by molar-refractivity contribution is 5.70. The zero-order valence-electron chi connectivity index (χ0n) is 9.84. The highest BCUT2D eigenvalue weighted by atomic mass is 14.7. The first-order chi connectivity index (χ1) is 6.91. The highest BCUT2D eigenvalue weighted by Crippen LogP contribution is 2.06. The first kappa shape index (κ1) is 13.4. The highest BCUT2D eigenvalue weighted by Gasteiger charge is 1.88. The van der Waals surface area contributed by atoms with Crippen LogP contribution in [0.2, 0.25) is 0 Å². The lowest BCUT2D eigenvalue weighted by atomic mass is 10.1. The summed E-state index contributed by atoms with van der Waals surface area (Å²) >= 11 is 0. The van der Waals surface area contributed by atoms with E-state index in [9.17, 15) is 0 Å². The van der Waals surface area contributed by atoms with Gasteiger partial charge in [-0.05, 0) is 19.4 Å². The summed E-state index contributed by atoms with van der Waals surface area (Å²) in [6.07, 6.45) is 15.4. The maximum Gasteiger partial charge on any atom is 0.0389 e. The molecule has 0 bridgehead atoms. The van der Waals surface area contributed by atoms with Crippen LogP contribution in [0.4, 0.5) is 0 Å².